The molecule has 0 aromatic heterocycles. The van der Waals surface area contributed by atoms with Gasteiger partial charge < -0.3 is 9.64 Å². The molecule has 0 N–H and O–H groups in total. The summed E-state index contributed by atoms with van der Waals surface area (Å²) in [6, 6.07) is 4.20. The van der Waals surface area contributed by atoms with E-state index in [2.05, 4.69) is 12.6 Å². The molecule has 1 aromatic carbocycles. The summed E-state index contributed by atoms with van der Waals surface area (Å²) in [6.07, 6.45) is 0.490. The number of benzene rings is 1. The Morgan fingerprint density at radius 1 is 1.59 bits per heavy atom. The van der Waals surface area contributed by atoms with Gasteiger partial charge in [-0.05, 0) is 23.8 Å². The highest BCUT2D eigenvalue weighted by Gasteiger charge is 2.31. The minimum atomic E-state index is -0.372. The Morgan fingerprint density at radius 2 is 2.35 bits per heavy atom. The largest absolute Gasteiger partial charge is 0.494 e. The molecule has 1 atom stereocenters. The predicted octanol–water partition coefficient (Wildman–Crippen LogP) is 2.12. The van der Waals surface area contributed by atoms with Gasteiger partial charge in [-0.15, -0.1) is 0 Å². The summed E-state index contributed by atoms with van der Waals surface area (Å²) in [5.74, 6) is 0.974. The quantitative estimate of drug-likeness (QED) is 0.838. The molecule has 0 spiro atoms. The Kier molecular flexibility index (Phi) is 3.57. The lowest BCUT2D eigenvalue weighted by atomic mass is 10.1. The summed E-state index contributed by atoms with van der Waals surface area (Å²) in [7, 11) is 1.47. The minimum absolute atomic E-state index is 0.0361. The zero-order valence-corrected chi connectivity index (χ0v) is 10.4. The van der Waals surface area contributed by atoms with Crippen molar-refractivity contribution in [2.24, 2.45) is 5.92 Å². The van der Waals surface area contributed by atoms with Crippen LogP contribution in [0.4, 0.5) is 10.1 Å². The van der Waals surface area contributed by atoms with E-state index in [-0.39, 0.29) is 17.6 Å². The number of anilines is 1. The van der Waals surface area contributed by atoms with Crippen LogP contribution in [0.5, 0.6) is 5.75 Å². The number of amides is 1. The van der Waals surface area contributed by atoms with Crippen LogP contribution in [0.25, 0.3) is 0 Å². The molecule has 1 unspecified atom stereocenters. The maximum absolute atomic E-state index is 13.1. The van der Waals surface area contributed by atoms with Crippen molar-refractivity contribution in [3.8, 4) is 5.75 Å². The van der Waals surface area contributed by atoms with Crippen molar-refractivity contribution in [1.29, 1.82) is 0 Å². The first-order chi connectivity index (χ1) is 8.15. The Hall–Kier alpha value is -1.23. The van der Waals surface area contributed by atoms with Gasteiger partial charge in [0.1, 0.15) is 11.6 Å². The first-order valence-electron chi connectivity index (χ1n) is 5.40. The van der Waals surface area contributed by atoms with E-state index >= 15 is 0 Å². The van der Waals surface area contributed by atoms with E-state index in [1.165, 1.54) is 19.2 Å². The molecule has 1 heterocycles. The number of nitrogens with zero attached hydrogens (tertiary/aromatic N) is 1. The summed E-state index contributed by atoms with van der Waals surface area (Å²) in [6.45, 7) is 0.615. The second kappa shape index (κ2) is 4.96. The van der Waals surface area contributed by atoms with Crippen LogP contribution in [0.3, 0.4) is 0 Å². The standard InChI is InChI=1S/C12H14FNO2S/c1-16-11-5-9(13)2-3-10(11)14-6-8(7-17)4-12(14)15/h2-3,5,8,17H,4,6-7H2,1H3. The van der Waals surface area contributed by atoms with E-state index in [0.29, 0.717) is 30.2 Å². The van der Waals surface area contributed by atoms with Gasteiger partial charge in [-0.1, -0.05) is 0 Å². The molecule has 1 fully saturated rings. The average molecular weight is 255 g/mol. The number of halogens is 1. The Balaban J connectivity index is 2.31. The normalized spacial score (nSPS) is 19.8. The maximum atomic E-state index is 13.1. The molecule has 1 saturated heterocycles. The van der Waals surface area contributed by atoms with Crippen LogP contribution in [0.2, 0.25) is 0 Å². The summed E-state index contributed by atoms with van der Waals surface area (Å²) in [5.41, 5.74) is 0.628. The van der Waals surface area contributed by atoms with Gasteiger partial charge in [0, 0.05) is 19.0 Å². The molecule has 3 nitrogen and oxygen atoms in total. The van der Waals surface area contributed by atoms with Gasteiger partial charge in [0.25, 0.3) is 0 Å². The van der Waals surface area contributed by atoms with Gasteiger partial charge in [-0.25, -0.2) is 4.39 Å². The molecule has 1 aliphatic rings. The summed E-state index contributed by atoms with van der Waals surface area (Å²) in [4.78, 5) is 13.5. The van der Waals surface area contributed by atoms with Crippen LogP contribution < -0.4 is 9.64 Å². The second-order valence-electron chi connectivity index (χ2n) is 4.07. The maximum Gasteiger partial charge on any atom is 0.227 e. The van der Waals surface area contributed by atoms with Crippen molar-refractivity contribution >= 4 is 24.2 Å². The van der Waals surface area contributed by atoms with Gasteiger partial charge >= 0.3 is 0 Å². The Morgan fingerprint density at radius 3 is 2.94 bits per heavy atom. The number of methoxy groups -OCH3 is 1. The topological polar surface area (TPSA) is 29.5 Å². The van der Waals surface area contributed by atoms with Gasteiger partial charge in [0.05, 0.1) is 12.8 Å². The van der Waals surface area contributed by atoms with Crippen molar-refractivity contribution in [2.45, 2.75) is 6.42 Å². The number of thiol groups is 1. The van der Waals surface area contributed by atoms with Crippen molar-refractivity contribution in [2.75, 3.05) is 24.3 Å². The SMILES string of the molecule is COc1cc(F)ccc1N1CC(CS)CC1=O. The number of hydrogen-bond acceptors (Lipinski definition) is 3. The molecule has 0 bridgehead atoms. The number of carbonyl (C=O) groups is 1. The fraction of sp³-hybridized carbons (Fsp3) is 0.417. The molecular weight excluding hydrogens is 241 g/mol. The second-order valence-corrected chi connectivity index (χ2v) is 4.44. The van der Waals surface area contributed by atoms with E-state index in [4.69, 9.17) is 4.74 Å². The lowest BCUT2D eigenvalue weighted by Crippen LogP contribution is -2.25. The molecule has 92 valence electrons. The summed E-state index contributed by atoms with van der Waals surface area (Å²) < 4.78 is 18.2. The average Bonchev–Trinajstić information content (AvgIpc) is 2.70. The van der Waals surface area contributed by atoms with Crippen LogP contribution >= 0.6 is 12.6 Å². The first kappa shape index (κ1) is 12.2. The van der Waals surface area contributed by atoms with Gasteiger partial charge in [-0.3, -0.25) is 4.79 Å². The lowest BCUT2D eigenvalue weighted by Gasteiger charge is -2.19. The van der Waals surface area contributed by atoms with Crippen molar-refractivity contribution in [1.82, 2.24) is 0 Å². The minimum Gasteiger partial charge on any atom is -0.494 e. The highest BCUT2D eigenvalue weighted by Crippen LogP contribution is 2.33. The fourth-order valence-electron chi connectivity index (χ4n) is 2.01. The number of ether oxygens (including phenoxy) is 1. The smallest absolute Gasteiger partial charge is 0.227 e. The van der Waals surface area contributed by atoms with Crippen LogP contribution in [-0.4, -0.2) is 25.3 Å². The van der Waals surface area contributed by atoms with Crippen molar-refractivity contribution in [3.05, 3.63) is 24.0 Å². The lowest BCUT2D eigenvalue weighted by molar-refractivity contribution is -0.117. The fourth-order valence-corrected chi connectivity index (χ4v) is 2.26. The zero-order valence-electron chi connectivity index (χ0n) is 9.52. The van der Waals surface area contributed by atoms with E-state index in [0.717, 1.165) is 0 Å². The number of hydrogen-bond donors (Lipinski definition) is 1. The van der Waals surface area contributed by atoms with Crippen molar-refractivity contribution < 1.29 is 13.9 Å². The van der Waals surface area contributed by atoms with Crippen LogP contribution in [-0.2, 0) is 4.79 Å². The van der Waals surface area contributed by atoms with Crippen LogP contribution in [0.15, 0.2) is 18.2 Å². The Bertz CT molecular complexity index is 439. The third kappa shape index (κ3) is 2.39. The summed E-state index contributed by atoms with van der Waals surface area (Å²) >= 11 is 4.20. The van der Waals surface area contributed by atoms with E-state index < -0.39 is 0 Å². The molecule has 1 amide bonds. The molecule has 0 radical (unpaired) electrons. The molecule has 1 aliphatic heterocycles. The summed E-state index contributed by atoms with van der Waals surface area (Å²) in [5, 5.41) is 0. The monoisotopic (exact) mass is 255 g/mol. The van der Waals surface area contributed by atoms with E-state index in [1.807, 2.05) is 0 Å². The third-order valence-corrected chi connectivity index (χ3v) is 3.41. The molecule has 17 heavy (non-hydrogen) atoms. The molecule has 1 aromatic rings. The highest BCUT2D eigenvalue weighted by atomic mass is 32.1. The third-order valence-electron chi connectivity index (χ3n) is 2.90. The van der Waals surface area contributed by atoms with Crippen LogP contribution in [0, 0.1) is 11.7 Å². The van der Waals surface area contributed by atoms with Gasteiger partial charge in [0.2, 0.25) is 5.91 Å². The van der Waals surface area contributed by atoms with E-state index in [9.17, 15) is 9.18 Å². The molecule has 2 rings (SSSR count). The van der Waals surface area contributed by atoms with Crippen LogP contribution in [0.1, 0.15) is 6.42 Å². The molecule has 5 heteroatoms. The van der Waals surface area contributed by atoms with Gasteiger partial charge in [0.15, 0.2) is 0 Å². The number of rotatable bonds is 3. The molecule has 0 aliphatic carbocycles. The first-order valence-corrected chi connectivity index (χ1v) is 6.03. The predicted molar refractivity (Wildman–Crippen MR) is 67.3 cm³/mol. The zero-order chi connectivity index (χ0) is 12.4. The molecule has 0 saturated carbocycles. The Labute approximate surface area is 105 Å². The van der Waals surface area contributed by atoms with E-state index in [1.54, 1.807) is 11.0 Å². The van der Waals surface area contributed by atoms with Crippen molar-refractivity contribution in [3.63, 3.8) is 0 Å². The van der Waals surface area contributed by atoms with Gasteiger partial charge in [-0.2, -0.15) is 12.6 Å². The molecular formula is C12H14FNO2S. The number of carbonyl (C=O) groups excluding carboxylic acids is 1. The highest BCUT2D eigenvalue weighted by molar-refractivity contribution is 7.80.